The van der Waals surface area contributed by atoms with Gasteiger partial charge in [0.15, 0.2) is 5.13 Å². The Morgan fingerprint density at radius 1 is 1.22 bits per heavy atom. The van der Waals surface area contributed by atoms with Crippen molar-refractivity contribution in [3.63, 3.8) is 0 Å². The van der Waals surface area contributed by atoms with E-state index in [0.717, 1.165) is 29.2 Å². The van der Waals surface area contributed by atoms with Gasteiger partial charge in [-0.25, -0.2) is 9.78 Å². The molecule has 10 nitrogen and oxygen atoms in total. The average Bonchev–Trinajstić information content (AvgIpc) is 3.36. The molecule has 1 atom stereocenters. The molecule has 1 aliphatic rings. The summed E-state index contributed by atoms with van der Waals surface area (Å²) in [6.07, 6.45) is 2.42. The molecule has 1 fully saturated rings. The first-order chi connectivity index (χ1) is 17.9. The average molecular weight is 527 g/mol. The second kappa shape index (κ2) is 14.2. The molecule has 1 unspecified atom stereocenters. The molecule has 11 heteroatoms. The van der Waals surface area contributed by atoms with Crippen LogP contribution in [0.5, 0.6) is 0 Å². The van der Waals surface area contributed by atoms with E-state index in [9.17, 15) is 14.4 Å². The Hall–Kier alpha value is -3.65. The topological polar surface area (TPSA) is 136 Å². The van der Waals surface area contributed by atoms with Crippen molar-refractivity contribution < 1.29 is 19.1 Å². The Morgan fingerprint density at radius 3 is 2.62 bits per heavy atom. The first kappa shape index (κ1) is 27.9. The van der Waals surface area contributed by atoms with Crippen LogP contribution in [0.25, 0.3) is 11.3 Å². The Labute approximate surface area is 221 Å². The van der Waals surface area contributed by atoms with E-state index in [2.05, 4.69) is 16.0 Å². The summed E-state index contributed by atoms with van der Waals surface area (Å²) in [7, 11) is 0. The highest BCUT2D eigenvalue weighted by Gasteiger charge is 2.24. The summed E-state index contributed by atoms with van der Waals surface area (Å²) in [6, 6.07) is 9.46. The highest BCUT2D eigenvalue weighted by Crippen LogP contribution is 2.27. The summed E-state index contributed by atoms with van der Waals surface area (Å²) in [4.78, 5) is 42.4. The molecule has 2 heterocycles. The van der Waals surface area contributed by atoms with Gasteiger partial charge in [-0.1, -0.05) is 19.1 Å². The van der Waals surface area contributed by atoms with Crippen molar-refractivity contribution in [1.82, 2.24) is 20.5 Å². The van der Waals surface area contributed by atoms with Crippen molar-refractivity contribution in [2.45, 2.75) is 45.6 Å². The van der Waals surface area contributed by atoms with E-state index >= 15 is 0 Å². The van der Waals surface area contributed by atoms with E-state index in [-0.39, 0.29) is 36.4 Å². The van der Waals surface area contributed by atoms with Gasteiger partial charge in [-0.3, -0.25) is 9.59 Å². The van der Waals surface area contributed by atoms with E-state index in [1.807, 2.05) is 37.4 Å². The summed E-state index contributed by atoms with van der Waals surface area (Å²) >= 11 is 1.53. The van der Waals surface area contributed by atoms with Crippen molar-refractivity contribution in [2.24, 2.45) is 5.92 Å². The number of carbonyl (C=O) groups excluding carboxylic acids is 3. The molecule has 198 valence electrons. The van der Waals surface area contributed by atoms with Crippen LogP contribution in [0, 0.1) is 17.2 Å². The lowest BCUT2D eigenvalue weighted by molar-refractivity contribution is -0.121. The quantitative estimate of drug-likeness (QED) is 0.380. The fraction of sp³-hybridized carbons (Fsp3) is 0.500. The number of benzene rings is 1. The lowest BCUT2D eigenvalue weighted by Crippen LogP contribution is -2.42. The fourth-order valence-corrected chi connectivity index (χ4v) is 4.82. The van der Waals surface area contributed by atoms with E-state index in [1.54, 1.807) is 17.0 Å². The zero-order valence-electron chi connectivity index (χ0n) is 21.3. The smallest absolute Gasteiger partial charge is 0.409 e. The number of hydrogen-bond acceptors (Lipinski definition) is 8. The third-order valence-corrected chi connectivity index (χ3v) is 6.89. The van der Waals surface area contributed by atoms with Crippen molar-refractivity contribution in [3.05, 3.63) is 35.2 Å². The van der Waals surface area contributed by atoms with Gasteiger partial charge in [0, 0.05) is 48.6 Å². The summed E-state index contributed by atoms with van der Waals surface area (Å²) in [5, 5.41) is 20.2. The fourth-order valence-electron chi connectivity index (χ4n) is 4.02. The number of aromatic nitrogens is 1. The molecule has 0 radical (unpaired) electrons. The van der Waals surface area contributed by atoms with Crippen LogP contribution in [-0.4, -0.2) is 66.6 Å². The highest BCUT2D eigenvalue weighted by molar-refractivity contribution is 7.14. The van der Waals surface area contributed by atoms with Gasteiger partial charge in [-0.05, 0) is 44.2 Å². The van der Waals surface area contributed by atoms with Gasteiger partial charge in [-0.15, -0.1) is 11.3 Å². The second-order valence-corrected chi connectivity index (χ2v) is 9.87. The number of thiazole rings is 1. The predicted molar refractivity (Wildman–Crippen MR) is 142 cm³/mol. The van der Waals surface area contributed by atoms with Crippen molar-refractivity contribution in [2.75, 3.05) is 38.1 Å². The molecule has 2 aromatic rings. The molecule has 0 aliphatic carbocycles. The van der Waals surface area contributed by atoms with Gasteiger partial charge in [0.1, 0.15) is 6.54 Å². The van der Waals surface area contributed by atoms with Crippen LogP contribution in [0.2, 0.25) is 0 Å². The first-order valence-electron chi connectivity index (χ1n) is 12.6. The Kier molecular flexibility index (Phi) is 10.7. The zero-order chi connectivity index (χ0) is 26.6. The third-order valence-electron chi connectivity index (χ3n) is 6.12. The molecular formula is C26H34N6O4S. The Morgan fingerprint density at radius 2 is 1.95 bits per heavy atom. The van der Waals surface area contributed by atoms with E-state index < -0.39 is 0 Å². The van der Waals surface area contributed by atoms with Crippen LogP contribution in [-0.2, 0) is 9.53 Å². The minimum Gasteiger partial charge on any atom is -0.450 e. The van der Waals surface area contributed by atoms with Crippen LogP contribution < -0.4 is 16.0 Å². The Balaban J connectivity index is 1.43. The number of nitriles is 1. The van der Waals surface area contributed by atoms with E-state index in [4.69, 9.17) is 15.0 Å². The molecule has 3 rings (SSSR count). The molecule has 0 saturated carbocycles. The maximum Gasteiger partial charge on any atom is 0.409 e. The number of ether oxygens (including phenoxy) is 1. The molecule has 1 aromatic heterocycles. The second-order valence-electron chi connectivity index (χ2n) is 9.01. The largest absolute Gasteiger partial charge is 0.450 e. The molecule has 0 bridgehead atoms. The van der Waals surface area contributed by atoms with Gasteiger partial charge in [0.05, 0.1) is 18.4 Å². The predicted octanol–water partition coefficient (Wildman–Crippen LogP) is 3.63. The number of carbonyl (C=O) groups is 3. The van der Waals surface area contributed by atoms with Crippen molar-refractivity contribution in [3.8, 4) is 17.3 Å². The van der Waals surface area contributed by atoms with Crippen LogP contribution >= 0.6 is 11.3 Å². The lowest BCUT2D eigenvalue weighted by atomic mass is 10.0. The van der Waals surface area contributed by atoms with Crippen molar-refractivity contribution >= 4 is 34.4 Å². The van der Waals surface area contributed by atoms with Gasteiger partial charge < -0.3 is 25.6 Å². The maximum absolute atomic E-state index is 12.5. The van der Waals surface area contributed by atoms with Gasteiger partial charge in [0.25, 0.3) is 5.91 Å². The van der Waals surface area contributed by atoms with Gasteiger partial charge in [0.2, 0.25) is 5.91 Å². The van der Waals surface area contributed by atoms with E-state index in [1.165, 1.54) is 11.3 Å². The third kappa shape index (κ3) is 8.75. The normalized spacial score (nSPS) is 14.4. The number of nitrogens with zero attached hydrogens (tertiary/aromatic N) is 3. The molecule has 37 heavy (non-hydrogen) atoms. The number of amides is 3. The van der Waals surface area contributed by atoms with Crippen LogP contribution in [0.1, 0.15) is 49.9 Å². The first-order valence-corrected chi connectivity index (χ1v) is 13.4. The molecule has 1 saturated heterocycles. The standard InChI is InChI=1S/C26H34N6O4S/c1-3-36-26(35)32-14-9-21(10-15-32)30-25-31-22(17-37-25)19-4-6-20(7-5-19)24(34)29-12-8-18(2)16-23(33)28-13-11-27/h4-7,17-18,21H,3,8-10,12-16H2,1-2H3,(H,28,33)(H,29,34)(H,30,31). The number of likely N-dealkylation sites (tertiary alicyclic amines) is 1. The summed E-state index contributed by atoms with van der Waals surface area (Å²) < 4.78 is 5.07. The number of anilines is 1. The molecule has 3 amide bonds. The summed E-state index contributed by atoms with van der Waals surface area (Å²) in [5.41, 5.74) is 2.33. The molecule has 3 N–H and O–H groups in total. The van der Waals surface area contributed by atoms with Gasteiger partial charge >= 0.3 is 6.09 Å². The number of nitrogens with one attached hydrogen (secondary N) is 3. The monoisotopic (exact) mass is 526 g/mol. The minimum absolute atomic E-state index is 0.00887. The highest BCUT2D eigenvalue weighted by atomic mass is 32.1. The van der Waals surface area contributed by atoms with Crippen LogP contribution in [0.4, 0.5) is 9.93 Å². The summed E-state index contributed by atoms with van der Waals surface area (Å²) in [5.74, 6) is -0.225. The van der Waals surface area contributed by atoms with Crippen molar-refractivity contribution in [1.29, 1.82) is 5.26 Å². The lowest BCUT2D eigenvalue weighted by Gasteiger charge is -2.31. The number of piperidine rings is 1. The van der Waals surface area contributed by atoms with Crippen LogP contribution in [0.3, 0.4) is 0 Å². The SMILES string of the molecule is CCOC(=O)N1CCC(Nc2nc(-c3ccc(C(=O)NCCC(C)CC(=O)NCC#N)cc3)cs2)CC1. The van der Waals surface area contributed by atoms with Crippen LogP contribution in [0.15, 0.2) is 29.6 Å². The zero-order valence-corrected chi connectivity index (χ0v) is 22.1. The maximum atomic E-state index is 12.5. The van der Waals surface area contributed by atoms with E-state index in [0.29, 0.717) is 44.6 Å². The minimum atomic E-state index is -0.249. The summed E-state index contributed by atoms with van der Waals surface area (Å²) in [6.45, 7) is 5.93. The molecule has 0 spiro atoms. The number of hydrogen-bond donors (Lipinski definition) is 3. The molecular weight excluding hydrogens is 492 g/mol. The van der Waals surface area contributed by atoms with Gasteiger partial charge in [-0.2, -0.15) is 5.26 Å². The number of rotatable bonds is 11. The molecule has 1 aromatic carbocycles. The Bertz CT molecular complexity index is 1090. The molecule has 1 aliphatic heterocycles.